The van der Waals surface area contributed by atoms with Crippen LogP contribution in [0.3, 0.4) is 0 Å². The van der Waals surface area contributed by atoms with Crippen molar-refractivity contribution in [3.8, 4) is 0 Å². The molecule has 0 aliphatic heterocycles. The van der Waals surface area contributed by atoms with Gasteiger partial charge in [-0.2, -0.15) is 13.2 Å². The van der Waals surface area contributed by atoms with Gasteiger partial charge in [-0.3, -0.25) is 0 Å². The van der Waals surface area contributed by atoms with Gasteiger partial charge in [0.2, 0.25) is 5.60 Å². The number of rotatable bonds is 2. The van der Waals surface area contributed by atoms with Gasteiger partial charge in [0.05, 0.1) is 0 Å². The van der Waals surface area contributed by atoms with Crippen molar-refractivity contribution in [2.45, 2.75) is 18.7 Å². The second-order valence-electron chi connectivity index (χ2n) is 4.50. The van der Waals surface area contributed by atoms with Gasteiger partial charge in [-0.25, -0.2) is 0 Å². The summed E-state index contributed by atoms with van der Waals surface area (Å²) in [5.41, 5.74) is -3.05. The molecule has 106 valence electrons. The van der Waals surface area contributed by atoms with Crippen LogP contribution in [-0.2, 0) is 5.60 Å². The van der Waals surface area contributed by atoms with Gasteiger partial charge in [-0.05, 0) is 18.6 Å². The SMILES string of the molecule is Cc1ccccc1C(O)(c1ccccc1Br)C(F)(F)F. The van der Waals surface area contributed by atoms with Gasteiger partial charge in [-0.15, -0.1) is 0 Å². The predicted octanol–water partition coefficient (Wildman–Crippen LogP) is 4.56. The molecule has 0 spiro atoms. The van der Waals surface area contributed by atoms with E-state index in [1.54, 1.807) is 25.1 Å². The fourth-order valence-electron chi connectivity index (χ4n) is 2.18. The molecule has 0 saturated carbocycles. The molecule has 2 rings (SSSR count). The van der Waals surface area contributed by atoms with Crippen molar-refractivity contribution < 1.29 is 18.3 Å². The molecule has 0 aliphatic rings. The van der Waals surface area contributed by atoms with Crippen molar-refractivity contribution in [1.82, 2.24) is 0 Å². The molecule has 0 aromatic heterocycles. The van der Waals surface area contributed by atoms with Crippen molar-refractivity contribution in [2.75, 3.05) is 0 Å². The Hall–Kier alpha value is -1.33. The number of halogens is 4. The third kappa shape index (κ3) is 2.36. The maximum atomic E-state index is 13.6. The molecule has 0 radical (unpaired) electrons. The van der Waals surface area contributed by atoms with Gasteiger partial charge in [0, 0.05) is 15.6 Å². The summed E-state index contributed by atoms with van der Waals surface area (Å²) in [6.07, 6.45) is -4.83. The molecule has 0 aliphatic carbocycles. The van der Waals surface area contributed by atoms with Gasteiger partial charge in [0.1, 0.15) is 0 Å². The first-order valence-corrected chi connectivity index (χ1v) is 6.68. The second-order valence-corrected chi connectivity index (χ2v) is 5.36. The van der Waals surface area contributed by atoms with E-state index >= 15 is 0 Å². The zero-order valence-corrected chi connectivity index (χ0v) is 12.2. The van der Waals surface area contributed by atoms with Crippen LogP contribution in [0, 0.1) is 6.92 Å². The van der Waals surface area contributed by atoms with Gasteiger partial charge < -0.3 is 5.11 Å². The summed E-state index contributed by atoms with van der Waals surface area (Å²) in [5.74, 6) is 0. The van der Waals surface area contributed by atoms with Crippen molar-refractivity contribution in [3.05, 3.63) is 69.7 Å². The molecule has 1 nitrogen and oxygen atoms in total. The number of hydrogen-bond acceptors (Lipinski definition) is 1. The van der Waals surface area contributed by atoms with E-state index in [0.717, 1.165) is 0 Å². The van der Waals surface area contributed by atoms with Gasteiger partial charge in [0.15, 0.2) is 0 Å². The summed E-state index contributed by atoms with van der Waals surface area (Å²) in [5, 5.41) is 10.5. The monoisotopic (exact) mass is 344 g/mol. The standard InChI is InChI=1S/C15H12BrF3O/c1-10-6-2-3-7-11(10)14(20,15(17,18)19)12-8-4-5-9-13(12)16/h2-9,20H,1H3. The third-order valence-corrected chi connectivity index (χ3v) is 3.90. The molecule has 0 saturated heterocycles. The molecule has 5 heteroatoms. The highest BCUT2D eigenvalue weighted by Gasteiger charge is 2.57. The Kier molecular flexibility index (Phi) is 3.93. The predicted molar refractivity (Wildman–Crippen MR) is 74.4 cm³/mol. The zero-order chi connectivity index (χ0) is 15.0. The molecular weight excluding hydrogens is 333 g/mol. The number of aliphatic hydroxyl groups is 1. The van der Waals surface area contributed by atoms with Crippen LogP contribution in [0.5, 0.6) is 0 Å². The molecule has 0 amide bonds. The number of hydrogen-bond donors (Lipinski definition) is 1. The second kappa shape index (κ2) is 5.22. The number of benzene rings is 2. The van der Waals surface area contributed by atoms with Crippen molar-refractivity contribution >= 4 is 15.9 Å². The van der Waals surface area contributed by atoms with Crippen LogP contribution >= 0.6 is 15.9 Å². The Morgan fingerprint density at radius 2 is 1.40 bits per heavy atom. The largest absolute Gasteiger partial charge is 0.425 e. The smallest absolute Gasteiger partial charge is 0.372 e. The molecule has 20 heavy (non-hydrogen) atoms. The van der Waals surface area contributed by atoms with E-state index in [0.29, 0.717) is 5.56 Å². The molecule has 1 unspecified atom stereocenters. The summed E-state index contributed by atoms with van der Waals surface area (Å²) in [6.45, 7) is 1.54. The van der Waals surface area contributed by atoms with Crippen molar-refractivity contribution in [1.29, 1.82) is 0 Å². The molecule has 1 N–H and O–H groups in total. The Labute approximate surface area is 123 Å². The van der Waals surface area contributed by atoms with E-state index < -0.39 is 11.8 Å². The Bertz CT molecular complexity index is 577. The summed E-state index contributed by atoms with van der Waals surface area (Å²) >= 11 is 3.09. The topological polar surface area (TPSA) is 20.2 Å². The average molecular weight is 345 g/mol. The van der Waals surface area contributed by atoms with E-state index in [1.807, 2.05) is 0 Å². The fraction of sp³-hybridized carbons (Fsp3) is 0.200. The Morgan fingerprint density at radius 1 is 0.900 bits per heavy atom. The van der Waals surface area contributed by atoms with E-state index in [1.165, 1.54) is 30.3 Å². The lowest BCUT2D eigenvalue weighted by atomic mass is 9.83. The van der Waals surface area contributed by atoms with Crippen LogP contribution in [0.2, 0.25) is 0 Å². The maximum absolute atomic E-state index is 13.6. The van der Waals surface area contributed by atoms with E-state index in [9.17, 15) is 18.3 Å². The minimum atomic E-state index is -4.83. The van der Waals surface area contributed by atoms with Crippen molar-refractivity contribution in [2.24, 2.45) is 0 Å². The highest BCUT2D eigenvalue weighted by atomic mass is 79.9. The zero-order valence-electron chi connectivity index (χ0n) is 10.6. The summed E-state index contributed by atoms with van der Waals surface area (Å²) < 4.78 is 40.9. The summed E-state index contributed by atoms with van der Waals surface area (Å²) in [4.78, 5) is 0. The average Bonchev–Trinajstić information content (AvgIpc) is 2.37. The molecule has 2 aromatic carbocycles. The van der Waals surface area contributed by atoms with Gasteiger partial charge in [-0.1, -0.05) is 58.4 Å². The van der Waals surface area contributed by atoms with E-state index in [-0.39, 0.29) is 15.6 Å². The van der Waals surface area contributed by atoms with Crippen molar-refractivity contribution in [3.63, 3.8) is 0 Å². The lowest BCUT2D eigenvalue weighted by molar-refractivity contribution is -0.248. The van der Waals surface area contributed by atoms with Gasteiger partial charge >= 0.3 is 6.18 Å². The van der Waals surface area contributed by atoms with Crippen LogP contribution < -0.4 is 0 Å². The quantitative estimate of drug-likeness (QED) is 0.846. The first kappa shape index (κ1) is 15.1. The molecule has 0 fully saturated rings. The summed E-state index contributed by atoms with van der Waals surface area (Å²) in [6, 6.07) is 11.8. The molecule has 0 bridgehead atoms. The Morgan fingerprint density at radius 3 is 1.90 bits per heavy atom. The van der Waals surface area contributed by atoms with E-state index in [4.69, 9.17) is 0 Å². The molecular formula is C15H12BrF3O. The number of aryl methyl sites for hydroxylation is 1. The molecule has 0 heterocycles. The van der Waals surface area contributed by atoms with Crippen LogP contribution in [0.25, 0.3) is 0 Å². The van der Waals surface area contributed by atoms with E-state index in [2.05, 4.69) is 15.9 Å². The molecule has 1 atom stereocenters. The molecule has 2 aromatic rings. The Balaban J connectivity index is 2.78. The van der Waals surface area contributed by atoms with Crippen LogP contribution in [0.1, 0.15) is 16.7 Å². The maximum Gasteiger partial charge on any atom is 0.425 e. The number of alkyl halides is 3. The highest BCUT2D eigenvalue weighted by Crippen LogP contribution is 2.47. The first-order chi connectivity index (χ1) is 9.28. The lowest BCUT2D eigenvalue weighted by Gasteiger charge is -2.33. The minimum Gasteiger partial charge on any atom is -0.372 e. The fourth-order valence-corrected chi connectivity index (χ4v) is 2.76. The minimum absolute atomic E-state index is 0.167. The normalized spacial score (nSPS) is 14.9. The first-order valence-electron chi connectivity index (χ1n) is 5.88. The third-order valence-electron chi connectivity index (χ3n) is 3.21. The van der Waals surface area contributed by atoms with Crippen LogP contribution in [-0.4, -0.2) is 11.3 Å². The lowest BCUT2D eigenvalue weighted by Crippen LogP contribution is -2.44. The van der Waals surface area contributed by atoms with Crippen LogP contribution in [0.4, 0.5) is 13.2 Å². The summed E-state index contributed by atoms with van der Waals surface area (Å²) in [7, 11) is 0. The highest BCUT2D eigenvalue weighted by molar-refractivity contribution is 9.10. The van der Waals surface area contributed by atoms with Gasteiger partial charge in [0.25, 0.3) is 0 Å². The van der Waals surface area contributed by atoms with Crippen LogP contribution in [0.15, 0.2) is 53.0 Å².